The largest absolute Gasteiger partial charge is 0.287 e. The van der Waals surface area contributed by atoms with Crippen LogP contribution in [0.3, 0.4) is 0 Å². The normalized spacial score (nSPS) is 43.8. The van der Waals surface area contributed by atoms with Gasteiger partial charge >= 0.3 is 0 Å². The summed E-state index contributed by atoms with van der Waals surface area (Å²) in [6, 6.07) is 0. The number of fused-ring (bicyclic) bond motifs is 4. The predicted molar refractivity (Wildman–Crippen MR) is 67.5 cm³/mol. The maximum atomic E-state index is 12.0. The summed E-state index contributed by atoms with van der Waals surface area (Å²) in [5, 5.41) is 1.67. The van der Waals surface area contributed by atoms with E-state index in [9.17, 15) is 9.59 Å². The molecule has 2 nitrogen and oxygen atoms in total. The Morgan fingerprint density at radius 3 is 1.62 bits per heavy atom. The van der Waals surface area contributed by atoms with Gasteiger partial charge in [-0.05, 0) is 38.5 Å². The van der Waals surface area contributed by atoms with Crippen molar-refractivity contribution in [3.05, 3.63) is 0 Å². The van der Waals surface area contributed by atoms with Gasteiger partial charge in [0, 0.05) is 22.3 Å². The van der Waals surface area contributed by atoms with Gasteiger partial charge in [0.15, 0.2) is 10.2 Å². The maximum Gasteiger partial charge on any atom is 0.192 e. The Labute approximate surface area is 104 Å². The quantitative estimate of drug-likeness (QED) is 0.667. The van der Waals surface area contributed by atoms with E-state index < -0.39 is 0 Å². The van der Waals surface area contributed by atoms with Crippen LogP contribution in [0.25, 0.3) is 0 Å². The molecule has 1 heterocycles. The van der Waals surface area contributed by atoms with Crippen molar-refractivity contribution in [1.82, 2.24) is 0 Å². The van der Waals surface area contributed by atoms with Crippen molar-refractivity contribution in [2.24, 2.45) is 11.8 Å². The molecule has 3 fully saturated rings. The molecular formula is C12H16O2S2. The highest BCUT2D eigenvalue weighted by Gasteiger charge is 2.39. The summed E-state index contributed by atoms with van der Waals surface area (Å²) < 4.78 is 0. The van der Waals surface area contributed by atoms with Gasteiger partial charge in [0.25, 0.3) is 0 Å². The predicted octanol–water partition coefficient (Wildman–Crippen LogP) is 2.86. The molecule has 4 bridgehead atoms. The number of carbonyl (C=O) groups excluding carboxylic acids is 2. The van der Waals surface area contributed by atoms with E-state index in [1.165, 1.54) is 0 Å². The minimum atomic E-state index is 0.243. The maximum absolute atomic E-state index is 12.0. The Hall–Kier alpha value is 0.0400. The van der Waals surface area contributed by atoms with E-state index in [1.54, 1.807) is 23.5 Å². The van der Waals surface area contributed by atoms with Crippen LogP contribution in [0.5, 0.6) is 0 Å². The van der Waals surface area contributed by atoms with E-state index in [-0.39, 0.29) is 11.8 Å². The minimum Gasteiger partial charge on any atom is -0.287 e. The minimum absolute atomic E-state index is 0.243. The van der Waals surface area contributed by atoms with Crippen molar-refractivity contribution in [3.63, 3.8) is 0 Å². The summed E-state index contributed by atoms with van der Waals surface area (Å²) in [7, 11) is 0. The van der Waals surface area contributed by atoms with Gasteiger partial charge in [-0.1, -0.05) is 23.5 Å². The standard InChI is InChI=1S/C12H16O2S2/c13-11-7-1-3-9(5-7)15-12(14)8-2-4-10(6-8)16-11/h7-10H,1-6H2/t7-,8+,9+,10-. The lowest BCUT2D eigenvalue weighted by Gasteiger charge is -2.16. The number of hydrogen-bond acceptors (Lipinski definition) is 4. The van der Waals surface area contributed by atoms with Crippen molar-refractivity contribution in [2.45, 2.75) is 49.0 Å². The lowest BCUT2D eigenvalue weighted by Crippen LogP contribution is -2.17. The molecule has 1 saturated heterocycles. The van der Waals surface area contributed by atoms with Gasteiger partial charge in [0.05, 0.1) is 0 Å². The Morgan fingerprint density at radius 1 is 0.750 bits per heavy atom. The van der Waals surface area contributed by atoms with Gasteiger partial charge in [0.2, 0.25) is 0 Å². The van der Waals surface area contributed by atoms with Crippen molar-refractivity contribution >= 4 is 33.8 Å². The Morgan fingerprint density at radius 2 is 1.19 bits per heavy atom. The first-order chi connectivity index (χ1) is 7.72. The molecule has 16 heavy (non-hydrogen) atoms. The lowest BCUT2D eigenvalue weighted by atomic mass is 10.1. The van der Waals surface area contributed by atoms with E-state index >= 15 is 0 Å². The van der Waals surface area contributed by atoms with Gasteiger partial charge in [-0.25, -0.2) is 0 Å². The molecule has 4 atom stereocenters. The molecule has 88 valence electrons. The van der Waals surface area contributed by atoms with Crippen LogP contribution >= 0.6 is 23.5 Å². The molecule has 1 aliphatic heterocycles. The van der Waals surface area contributed by atoms with Crippen molar-refractivity contribution in [2.75, 3.05) is 0 Å². The molecule has 0 amide bonds. The Balaban J connectivity index is 1.80. The average Bonchev–Trinajstić information content (AvgIpc) is 2.85. The highest BCUT2D eigenvalue weighted by atomic mass is 32.2. The molecule has 0 aromatic rings. The van der Waals surface area contributed by atoms with Gasteiger partial charge in [-0.3, -0.25) is 9.59 Å². The summed E-state index contributed by atoms with van der Waals surface area (Å²) in [4.78, 5) is 24.1. The van der Waals surface area contributed by atoms with Crippen molar-refractivity contribution < 1.29 is 9.59 Å². The summed E-state index contributed by atoms with van der Waals surface area (Å²) in [6.07, 6.45) is 6.03. The third-order valence-electron chi connectivity index (χ3n) is 4.00. The first-order valence-corrected chi connectivity index (χ1v) is 7.89. The summed E-state index contributed by atoms with van der Waals surface area (Å²) >= 11 is 3.09. The zero-order chi connectivity index (χ0) is 11.1. The van der Waals surface area contributed by atoms with Gasteiger partial charge < -0.3 is 0 Å². The molecule has 0 unspecified atom stereocenters. The zero-order valence-corrected chi connectivity index (χ0v) is 10.8. The second kappa shape index (κ2) is 4.37. The van der Waals surface area contributed by atoms with Crippen LogP contribution in [-0.2, 0) is 9.59 Å². The van der Waals surface area contributed by atoms with E-state index in [0.717, 1.165) is 38.5 Å². The first-order valence-electron chi connectivity index (χ1n) is 6.13. The summed E-state index contributed by atoms with van der Waals surface area (Å²) in [5.41, 5.74) is 0. The van der Waals surface area contributed by atoms with E-state index in [2.05, 4.69) is 0 Å². The fourth-order valence-electron chi connectivity index (χ4n) is 3.04. The topological polar surface area (TPSA) is 34.1 Å². The third-order valence-corrected chi connectivity index (χ3v) is 6.66. The Bertz CT molecular complexity index is 297. The van der Waals surface area contributed by atoms with E-state index in [0.29, 0.717) is 20.7 Å². The second-order valence-electron chi connectivity index (χ2n) is 5.14. The smallest absolute Gasteiger partial charge is 0.192 e. The molecule has 0 spiro atoms. The second-order valence-corrected chi connectivity index (χ2v) is 7.75. The van der Waals surface area contributed by atoms with Gasteiger partial charge in [-0.2, -0.15) is 0 Å². The van der Waals surface area contributed by atoms with E-state index in [4.69, 9.17) is 0 Å². The summed E-state index contributed by atoms with van der Waals surface area (Å²) in [6.45, 7) is 0. The Kier molecular flexibility index (Phi) is 3.05. The third kappa shape index (κ3) is 2.06. The molecule has 4 heteroatoms. The van der Waals surface area contributed by atoms with Gasteiger partial charge in [0.1, 0.15) is 0 Å². The number of rotatable bonds is 0. The SMILES string of the molecule is O=C1S[C@@H]2CC[C@@H](C2)C(=O)S[C@H]2CC[C@@H]1C2. The zero-order valence-electron chi connectivity index (χ0n) is 9.19. The molecule has 0 radical (unpaired) electrons. The highest BCUT2D eigenvalue weighted by Crippen LogP contribution is 2.45. The van der Waals surface area contributed by atoms with Crippen molar-refractivity contribution in [1.29, 1.82) is 0 Å². The van der Waals surface area contributed by atoms with E-state index in [1.807, 2.05) is 0 Å². The van der Waals surface area contributed by atoms with Crippen molar-refractivity contribution in [3.8, 4) is 0 Å². The molecule has 2 saturated carbocycles. The van der Waals surface area contributed by atoms with Gasteiger partial charge in [-0.15, -0.1) is 0 Å². The summed E-state index contributed by atoms with van der Waals surface area (Å²) in [5.74, 6) is 0.486. The molecule has 0 N–H and O–H groups in total. The van der Waals surface area contributed by atoms with Crippen LogP contribution in [-0.4, -0.2) is 20.7 Å². The highest BCUT2D eigenvalue weighted by molar-refractivity contribution is 8.14. The average molecular weight is 256 g/mol. The molecular weight excluding hydrogens is 240 g/mol. The van der Waals surface area contributed by atoms with Crippen LogP contribution < -0.4 is 0 Å². The van der Waals surface area contributed by atoms with Crippen LogP contribution in [0.4, 0.5) is 0 Å². The number of carbonyl (C=O) groups is 2. The van der Waals surface area contributed by atoms with Crippen LogP contribution in [0, 0.1) is 11.8 Å². The van der Waals surface area contributed by atoms with Crippen LogP contribution in [0.15, 0.2) is 0 Å². The monoisotopic (exact) mass is 256 g/mol. The van der Waals surface area contributed by atoms with Crippen LogP contribution in [0.2, 0.25) is 0 Å². The molecule has 3 aliphatic rings. The fourth-order valence-corrected chi connectivity index (χ4v) is 5.68. The first kappa shape index (κ1) is 11.1. The molecule has 2 aliphatic carbocycles. The molecule has 0 aromatic heterocycles. The molecule has 0 aromatic carbocycles. The number of hydrogen-bond donors (Lipinski definition) is 0. The van der Waals surface area contributed by atoms with Crippen LogP contribution in [0.1, 0.15) is 38.5 Å². The fraction of sp³-hybridized carbons (Fsp3) is 0.833. The lowest BCUT2D eigenvalue weighted by molar-refractivity contribution is -0.115. The number of thioether (sulfide) groups is 2. The molecule has 3 rings (SSSR count).